The molecule has 5 saturated carbocycles. The van der Waals surface area contributed by atoms with Gasteiger partial charge in [0.2, 0.25) is 0 Å². The van der Waals surface area contributed by atoms with Crippen molar-refractivity contribution in [3.05, 3.63) is 0 Å². The Morgan fingerprint density at radius 3 is 2.17 bits per heavy atom. The standard InChI is InChI=1S/C17H29N/c1-18-17-10-13-7-14(11-17)9-16(8-13,12-17)15-5-3-2-4-6-15/h13-15,18H,2-12H2,1H3. The zero-order valence-corrected chi connectivity index (χ0v) is 12.0. The molecule has 1 nitrogen and oxygen atoms in total. The summed E-state index contributed by atoms with van der Waals surface area (Å²) in [5, 5.41) is 3.77. The lowest BCUT2D eigenvalue weighted by atomic mass is 9.43. The fraction of sp³-hybridized carbons (Fsp3) is 1.00. The van der Waals surface area contributed by atoms with Gasteiger partial charge in [0.1, 0.15) is 0 Å². The Morgan fingerprint density at radius 1 is 0.889 bits per heavy atom. The second-order valence-corrected chi connectivity index (χ2v) is 8.19. The summed E-state index contributed by atoms with van der Waals surface area (Å²) in [6.45, 7) is 0. The van der Waals surface area contributed by atoms with Crippen molar-refractivity contribution in [2.45, 2.75) is 76.2 Å². The molecule has 0 spiro atoms. The van der Waals surface area contributed by atoms with E-state index in [1.165, 1.54) is 38.5 Å². The first-order chi connectivity index (χ1) is 8.74. The van der Waals surface area contributed by atoms with Crippen molar-refractivity contribution in [2.75, 3.05) is 7.05 Å². The zero-order valence-electron chi connectivity index (χ0n) is 12.0. The Labute approximate surface area is 112 Å². The molecule has 0 aromatic carbocycles. The Kier molecular flexibility index (Phi) is 2.60. The van der Waals surface area contributed by atoms with Crippen LogP contribution in [0.5, 0.6) is 0 Å². The first-order valence-corrected chi connectivity index (χ1v) is 8.43. The predicted molar refractivity (Wildman–Crippen MR) is 75.5 cm³/mol. The molecule has 5 aliphatic rings. The third-order valence-electron chi connectivity index (χ3n) is 7.11. The summed E-state index contributed by atoms with van der Waals surface area (Å²) in [6.07, 6.45) is 16.9. The number of nitrogens with one attached hydrogen (secondary N) is 1. The molecule has 5 rings (SSSR count). The third-order valence-corrected chi connectivity index (χ3v) is 7.11. The van der Waals surface area contributed by atoms with Crippen LogP contribution in [-0.2, 0) is 0 Å². The average molecular weight is 247 g/mol. The Balaban J connectivity index is 1.64. The minimum Gasteiger partial charge on any atom is -0.314 e. The lowest BCUT2D eigenvalue weighted by molar-refractivity contribution is -0.115. The summed E-state index contributed by atoms with van der Waals surface area (Å²) in [5.74, 6) is 3.23. The summed E-state index contributed by atoms with van der Waals surface area (Å²) in [7, 11) is 2.24. The fourth-order valence-corrected chi connectivity index (χ4v) is 6.82. The van der Waals surface area contributed by atoms with E-state index in [0.717, 1.165) is 23.2 Å². The van der Waals surface area contributed by atoms with E-state index in [-0.39, 0.29) is 0 Å². The van der Waals surface area contributed by atoms with Gasteiger partial charge < -0.3 is 5.32 Å². The summed E-state index contributed by atoms with van der Waals surface area (Å²) in [5.41, 5.74) is 1.33. The maximum absolute atomic E-state index is 3.77. The Hall–Kier alpha value is -0.0400. The molecule has 102 valence electrons. The van der Waals surface area contributed by atoms with E-state index < -0.39 is 0 Å². The normalized spacial score (nSPS) is 51.8. The number of rotatable bonds is 2. The maximum Gasteiger partial charge on any atom is 0.0189 e. The first-order valence-electron chi connectivity index (χ1n) is 8.43. The van der Waals surface area contributed by atoms with Gasteiger partial charge >= 0.3 is 0 Å². The van der Waals surface area contributed by atoms with E-state index in [4.69, 9.17) is 0 Å². The van der Waals surface area contributed by atoms with E-state index >= 15 is 0 Å². The highest BCUT2D eigenvalue weighted by Crippen LogP contribution is 2.65. The maximum atomic E-state index is 3.77. The van der Waals surface area contributed by atoms with Crippen molar-refractivity contribution >= 4 is 0 Å². The van der Waals surface area contributed by atoms with Crippen molar-refractivity contribution in [3.63, 3.8) is 0 Å². The predicted octanol–water partition coefficient (Wildman–Crippen LogP) is 4.13. The zero-order chi connectivity index (χ0) is 12.2. The van der Waals surface area contributed by atoms with Crippen LogP contribution in [0.15, 0.2) is 0 Å². The quantitative estimate of drug-likeness (QED) is 0.774. The van der Waals surface area contributed by atoms with Gasteiger partial charge in [-0.3, -0.25) is 0 Å². The molecule has 5 fully saturated rings. The minimum absolute atomic E-state index is 0.557. The van der Waals surface area contributed by atoms with Crippen molar-refractivity contribution in [2.24, 2.45) is 23.2 Å². The molecule has 2 unspecified atom stereocenters. The molecule has 0 amide bonds. The van der Waals surface area contributed by atoms with Crippen LogP contribution in [0.1, 0.15) is 70.6 Å². The molecule has 1 N–H and O–H groups in total. The van der Waals surface area contributed by atoms with Gasteiger partial charge in [0.25, 0.3) is 0 Å². The van der Waals surface area contributed by atoms with Crippen molar-refractivity contribution in [1.29, 1.82) is 0 Å². The van der Waals surface area contributed by atoms with Crippen molar-refractivity contribution < 1.29 is 0 Å². The first kappa shape index (κ1) is 11.8. The molecular weight excluding hydrogens is 218 g/mol. The molecule has 0 heterocycles. The van der Waals surface area contributed by atoms with Crippen molar-refractivity contribution in [1.82, 2.24) is 5.32 Å². The van der Waals surface area contributed by atoms with Gasteiger partial charge in [0, 0.05) is 5.54 Å². The van der Waals surface area contributed by atoms with E-state index in [9.17, 15) is 0 Å². The van der Waals surface area contributed by atoms with Crippen LogP contribution in [0.3, 0.4) is 0 Å². The molecule has 0 aliphatic heterocycles. The highest BCUT2D eigenvalue weighted by Gasteiger charge is 2.59. The van der Waals surface area contributed by atoms with Crippen LogP contribution in [0.4, 0.5) is 0 Å². The lowest BCUT2D eigenvalue weighted by Gasteiger charge is -2.65. The third kappa shape index (κ3) is 1.62. The molecule has 0 radical (unpaired) electrons. The average Bonchev–Trinajstić information content (AvgIpc) is 2.38. The second-order valence-electron chi connectivity index (χ2n) is 8.19. The molecule has 2 atom stereocenters. The lowest BCUT2D eigenvalue weighted by Crippen LogP contribution is -2.62. The topological polar surface area (TPSA) is 12.0 Å². The monoisotopic (exact) mass is 247 g/mol. The van der Waals surface area contributed by atoms with Crippen LogP contribution >= 0.6 is 0 Å². The van der Waals surface area contributed by atoms with E-state index in [1.807, 2.05) is 0 Å². The molecule has 18 heavy (non-hydrogen) atoms. The Bertz CT molecular complexity index is 315. The largest absolute Gasteiger partial charge is 0.314 e. The molecule has 0 aromatic heterocycles. The smallest absolute Gasteiger partial charge is 0.0189 e. The molecule has 4 bridgehead atoms. The van der Waals surface area contributed by atoms with Gasteiger partial charge in [0.05, 0.1) is 0 Å². The summed E-state index contributed by atoms with van der Waals surface area (Å²) in [4.78, 5) is 0. The Morgan fingerprint density at radius 2 is 1.56 bits per heavy atom. The van der Waals surface area contributed by atoms with Crippen molar-refractivity contribution in [3.8, 4) is 0 Å². The second kappa shape index (κ2) is 3.98. The van der Waals surface area contributed by atoms with Gasteiger partial charge in [-0.05, 0) is 81.6 Å². The fourth-order valence-electron chi connectivity index (χ4n) is 6.82. The van der Waals surface area contributed by atoms with Gasteiger partial charge in [0.15, 0.2) is 0 Å². The van der Waals surface area contributed by atoms with Crippen LogP contribution in [-0.4, -0.2) is 12.6 Å². The highest BCUT2D eigenvalue weighted by molar-refractivity contribution is 5.13. The van der Waals surface area contributed by atoms with E-state index in [0.29, 0.717) is 5.54 Å². The summed E-state index contributed by atoms with van der Waals surface area (Å²) >= 11 is 0. The van der Waals surface area contributed by atoms with E-state index in [1.54, 1.807) is 32.1 Å². The summed E-state index contributed by atoms with van der Waals surface area (Å²) in [6, 6.07) is 0. The van der Waals surface area contributed by atoms with Crippen LogP contribution in [0.25, 0.3) is 0 Å². The van der Waals surface area contributed by atoms with Gasteiger partial charge in [-0.25, -0.2) is 0 Å². The van der Waals surface area contributed by atoms with Gasteiger partial charge in [-0.1, -0.05) is 19.3 Å². The number of hydrogen-bond acceptors (Lipinski definition) is 1. The van der Waals surface area contributed by atoms with Crippen LogP contribution < -0.4 is 5.32 Å². The molecule has 1 heteroatoms. The molecule has 5 aliphatic carbocycles. The van der Waals surface area contributed by atoms with Crippen LogP contribution in [0.2, 0.25) is 0 Å². The van der Waals surface area contributed by atoms with E-state index in [2.05, 4.69) is 12.4 Å². The summed E-state index contributed by atoms with van der Waals surface area (Å²) < 4.78 is 0. The number of hydrogen-bond donors (Lipinski definition) is 1. The molecule has 0 aromatic rings. The van der Waals surface area contributed by atoms with Gasteiger partial charge in [-0.2, -0.15) is 0 Å². The van der Waals surface area contributed by atoms with Gasteiger partial charge in [-0.15, -0.1) is 0 Å². The highest BCUT2D eigenvalue weighted by atomic mass is 15.0. The molecule has 0 saturated heterocycles. The van der Waals surface area contributed by atoms with Crippen LogP contribution in [0, 0.1) is 23.2 Å². The molecular formula is C17H29N. The minimum atomic E-state index is 0.557. The SMILES string of the molecule is CNC12CC3CC(C1)CC(C1CCCCC1)(C3)C2.